The molecule has 0 fully saturated rings. The molecule has 4 heteroatoms. The van der Waals surface area contributed by atoms with Crippen LogP contribution in [0, 0.1) is 0 Å². The zero-order chi connectivity index (χ0) is 13.4. The lowest BCUT2D eigenvalue weighted by molar-refractivity contribution is 0.270. The van der Waals surface area contributed by atoms with Gasteiger partial charge in [-0.2, -0.15) is 0 Å². The van der Waals surface area contributed by atoms with Gasteiger partial charge in [0, 0.05) is 31.7 Å². The van der Waals surface area contributed by atoms with E-state index >= 15 is 0 Å². The molecule has 0 unspecified atom stereocenters. The van der Waals surface area contributed by atoms with Gasteiger partial charge in [-0.1, -0.05) is 31.2 Å². The van der Waals surface area contributed by atoms with Crippen molar-refractivity contribution in [1.82, 2.24) is 15.4 Å². The average Bonchev–Trinajstić information content (AvgIpc) is 2.75. The van der Waals surface area contributed by atoms with Crippen LogP contribution in [0.4, 0.5) is 0 Å². The third kappa shape index (κ3) is 5.29. The number of aromatic nitrogens is 1. The molecule has 0 aliphatic heterocycles. The summed E-state index contributed by atoms with van der Waals surface area (Å²) in [6.45, 7) is 14.8. The summed E-state index contributed by atoms with van der Waals surface area (Å²) in [7, 11) is 0. The van der Waals surface area contributed by atoms with Crippen molar-refractivity contribution in [2.24, 2.45) is 0 Å². The van der Waals surface area contributed by atoms with Gasteiger partial charge in [0.25, 0.3) is 0 Å². The molecule has 1 aromatic heterocycles. The summed E-state index contributed by atoms with van der Waals surface area (Å²) in [5.41, 5.74) is 0.941. The normalized spacial score (nSPS) is 11.1. The number of hydrogen-bond donors (Lipinski definition) is 1. The molecule has 0 atom stereocenters. The second kappa shape index (κ2) is 7.84. The van der Waals surface area contributed by atoms with Crippen molar-refractivity contribution in [3.05, 3.63) is 42.8 Å². The monoisotopic (exact) mass is 249 g/mol. The molecule has 0 aliphatic carbocycles. The molecule has 0 bridgehead atoms. The zero-order valence-corrected chi connectivity index (χ0v) is 11.4. The Bertz CT molecular complexity index is 361. The molecule has 1 rings (SSSR count). The maximum absolute atomic E-state index is 5.32. The highest BCUT2D eigenvalue weighted by Gasteiger charge is 2.08. The standard InChI is InChI=1S/C14H23N3O/c1-5-7-17(8-6-2)11-14-9-13(16-18-14)10-15-12(3)4/h5-6,9,12,15H,1-2,7-8,10-11H2,3-4H3. The van der Waals surface area contributed by atoms with E-state index in [1.54, 1.807) is 0 Å². The highest BCUT2D eigenvalue weighted by atomic mass is 16.5. The van der Waals surface area contributed by atoms with Crippen molar-refractivity contribution in [3.63, 3.8) is 0 Å². The molecule has 1 heterocycles. The summed E-state index contributed by atoms with van der Waals surface area (Å²) in [4.78, 5) is 2.18. The molecule has 4 nitrogen and oxygen atoms in total. The number of nitrogens with one attached hydrogen (secondary N) is 1. The first-order valence-corrected chi connectivity index (χ1v) is 6.27. The van der Waals surface area contributed by atoms with Gasteiger partial charge in [0.05, 0.1) is 12.2 Å². The van der Waals surface area contributed by atoms with E-state index in [4.69, 9.17) is 4.52 Å². The van der Waals surface area contributed by atoms with Crippen molar-refractivity contribution in [2.45, 2.75) is 33.0 Å². The van der Waals surface area contributed by atoms with Gasteiger partial charge in [0.1, 0.15) is 0 Å². The molecular weight excluding hydrogens is 226 g/mol. The van der Waals surface area contributed by atoms with E-state index in [9.17, 15) is 0 Å². The molecule has 0 radical (unpaired) electrons. The van der Waals surface area contributed by atoms with Crippen LogP contribution in [-0.4, -0.2) is 29.2 Å². The third-order valence-corrected chi connectivity index (χ3v) is 2.45. The predicted molar refractivity (Wildman–Crippen MR) is 74.1 cm³/mol. The van der Waals surface area contributed by atoms with Crippen LogP contribution < -0.4 is 5.32 Å². The van der Waals surface area contributed by atoms with Crippen LogP contribution in [0.15, 0.2) is 35.9 Å². The summed E-state index contributed by atoms with van der Waals surface area (Å²) in [5, 5.41) is 7.36. The lowest BCUT2D eigenvalue weighted by Gasteiger charge is -2.16. The fourth-order valence-corrected chi connectivity index (χ4v) is 1.61. The molecule has 100 valence electrons. The number of nitrogens with zero attached hydrogens (tertiary/aromatic N) is 2. The first-order chi connectivity index (χ1) is 8.65. The van der Waals surface area contributed by atoms with E-state index in [2.05, 4.69) is 42.4 Å². The van der Waals surface area contributed by atoms with Crippen LogP contribution in [0.2, 0.25) is 0 Å². The minimum atomic E-state index is 0.447. The SMILES string of the molecule is C=CCN(CC=C)Cc1cc(CNC(C)C)no1. The predicted octanol–water partition coefficient (Wildman–Crippen LogP) is 2.35. The van der Waals surface area contributed by atoms with Crippen LogP contribution >= 0.6 is 0 Å². The highest BCUT2D eigenvalue weighted by molar-refractivity contribution is 5.05. The van der Waals surface area contributed by atoms with Crippen LogP contribution in [0.25, 0.3) is 0 Å². The van der Waals surface area contributed by atoms with Gasteiger partial charge >= 0.3 is 0 Å². The Morgan fingerprint density at radius 3 is 2.61 bits per heavy atom. The molecule has 18 heavy (non-hydrogen) atoms. The molecule has 1 aromatic rings. The Balaban J connectivity index is 2.50. The molecule has 0 spiro atoms. The Kier molecular flexibility index (Phi) is 6.39. The average molecular weight is 249 g/mol. The summed E-state index contributed by atoms with van der Waals surface area (Å²) < 4.78 is 5.32. The van der Waals surface area contributed by atoms with Gasteiger partial charge in [0.15, 0.2) is 5.76 Å². The molecule has 0 aliphatic rings. The minimum Gasteiger partial charge on any atom is -0.360 e. The van der Waals surface area contributed by atoms with Gasteiger partial charge in [0.2, 0.25) is 0 Å². The Morgan fingerprint density at radius 2 is 2.06 bits per heavy atom. The van der Waals surface area contributed by atoms with E-state index in [1.807, 2.05) is 18.2 Å². The molecule has 0 amide bonds. The maximum Gasteiger partial charge on any atom is 0.151 e. The van der Waals surface area contributed by atoms with E-state index in [-0.39, 0.29) is 0 Å². The number of rotatable bonds is 9. The molecule has 0 aromatic carbocycles. The molecule has 0 saturated heterocycles. The van der Waals surface area contributed by atoms with Crippen molar-refractivity contribution >= 4 is 0 Å². The van der Waals surface area contributed by atoms with Crippen molar-refractivity contribution < 1.29 is 4.52 Å². The third-order valence-electron chi connectivity index (χ3n) is 2.45. The van der Waals surface area contributed by atoms with Crippen LogP contribution in [-0.2, 0) is 13.1 Å². The fourth-order valence-electron chi connectivity index (χ4n) is 1.61. The van der Waals surface area contributed by atoms with Crippen LogP contribution in [0.1, 0.15) is 25.3 Å². The first-order valence-electron chi connectivity index (χ1n) is 6.27. The smallest absolute Gasteiger partial charge is 0.151 e. The van der Waals surface area contributed by atoms with Gasteiger partial charge in [-0.15, -0.1) is 13.2 Å². The first kappa shape index (κ1) is 14.7. The fraction of sp³-hybridized carbons (Fsp3) is 0.500. The van der Waals surface area contributed by atoms with Crippen molar-refractivity contribution in [1.29, 1.82) is 0 Å². The topological polar surface area (TPSA) is 41.3 Å². The van der Waals surface area contributed by atoms with E-state index in [0.717, 1.165) is 37.6 Å². The van der Waals surface area contributed by atoms with Crippen molar-refractivity contribution in [3.8, 4) is 0 Å². The van der Waals surface area contributed by atoms with Crippen LogP contribution in [0.3, 0.4) is 0 Å². The van der Waals surface area contributed by atoms with Crippen LogP contribution in [0.5, 0.6) is 0 Å². The summed E-state index contributed by atoms with van der Waals surface area (Å²) in [5.74, 6) is 0.874. The lowest BCUT2D eigenvalue weighted by atomic mass is 10.3. The zero-order valence-electron chi connectivity index (χ0n) is 11.4. The second-order valence-electron chi connectivity index (χ2n) is 4.59. The van der Waals surface area contributed by atoms with Gasteiger partial charge in [-0.05, 0) is 0 Å². The highest BCUT2D eigenvalue weighted by Crippen LogP contribution is 2.07. The summed E-state index contributed by atoms with van der Waals surface area (Å²) >= 11 is 0. The molecular formula is C14H23N3O. The largest absolute Gasteiger partial charge is 0.360 e. The van der Waals surface area contributed by atoms with E-state index in [0.29, 0.717) is 6.04 Å². The molecule has 0 saturated carbocycles. The van der Waals surface area contributed by atoms with Gasteiger partial charge < -0.3 is 9.84 Å². The van der Waals surface area contributed by atoms with Gasteiger partial charge in [-0.3, -0.25) is 4.90 Å². The lowest BCUT2D eigenvalue weighted by Crippen LogP contribution is -2.23. The Morgan fingerprint density at radius 1 is 1.39 bits per heavy atom. The summed E-state index contributed by atoms with van der Waals surface area (Å²) in [6, 6.07) is 2.44. The molecule has 1 N–H and O–H groups in total. The second-order valence-corrected chi connectivity index (χ2v) is 4.59. The summed E-state index contributed by atoms with van der Waals surface area (Å²) in [6.07, 6.45) is 3.75. The Labute approximate surface area is 109 Å². The van der Waals surface area contributed by atoms with E-state index in [1.165, 1.54) is 0 Å². The number of hydrogen-bond acceptors (Lipinski definition) is 4. The Hall–Kier alpha value is -1.39. The van der Waals surface area contributed by atoms with Crippen molar-refractivity contribution in [2.75, 3.05) is 13.1 Å². The minimum absolute atomic E-state index is 0.447. The maximum atomic E-state index is 5.32. The van der Waals surface area contributed by atoms with Gasteiger partial charge in [-0.25, -0.2) is 0 Å². The van der Waals surface area contributed by atoms with E-state index < -0.39 is 0 Å². The quantitative estimate of drug-likeness (QED) is 0.682.